The fourth-order valence-corrected chi connectivity index (χ4v) is 4.23. The van der Waals surface area contributed by atoms with Crippen LogP contribution in [-0.4, -0.2) is 42.1 Å². The Morgan fingerprint density at radius 1 is 0.919 bits per heavy atom. The van der Waals surface area contributed by atoms with Crippen LogP contribution >= 0.6 is 12.2 Å². The number of amides is 2. The zero-order valence-corrected chi connectivity index (χ0v) is 22.3. The van der Waals surface area contributed by atoms with Gasteiger partial charge in [0.15, 0.2) is 16.6 Å². The van der Waals surface area contributed by atoms with Crippen molar-refractivity contribution < 1.29 is 19.1 Å². The first kappa shape index (κ1) is 26.2. The van der Waals surface area contributed by atoms with Gasteiger partial charge in [-0.05, 0) is 65.2 Å². The number of benzene rings is 3. The molecule has 7 nitrogen and oxygen atoms in total. The molecule has 0 aromatic heterocycles. The van der Waals surface area contributed by atoms with Crippen LogP contribution in [0, 0.1) is 0 Å². The third-order valence-corrected chi connectivity index (χ3v) is 6.39. The first-order valence-electron chi connectivity index (χ1n) is 12.1. The average Bonchev–Trinajstić information content (AvgIpc) is 3.12. The van der Waals surface area contributed by atoms with Crippen molar-refractivity contribution in [3.8, 4) is 11.5 Å². The third-order valence-electron chi connectivity index (χ3n) is 6.14. The van der Waals surface area contributed by atoms with Gasteiger partial charge in [0.25, 0.3) is 11.8 Å². The second-order valence-corrected chi connectivity index (χ2v) is 10.2. The molecule has 1 aliphatic rings. The Labute approximate surface area is 222 Å². The van der Waals surface area contributed by atoms with Crippen molar-refractivity contribution in [1.29, 1.82) is 0 Å². The molecular weight excluding hydrogens is 486 g/mol. The average molecular weight is 518 g/mol. The fraction of sp³-hybridized carbons (Fsp3) is 0.276. The van der Waals surface area contributed by atoms with E-state index in [1.807, 2.05) is 24.3 Å². The lowest BCUT2D eigenvalue weighted by molar-refractivity contribution is 0.0631. The number of imide groups is 1. The number of ether oxygens (including phenoxy) is 2. The molecule has 37 heavy (non-hydrogen) atoms. The molecule has 3 aromatic rings. The number of methoxy groups -OCH3 is 1. The number of rotatable bonds is 8. The van der Waals surface area contributed by atoms with Gasteiger partial charge in [-0.15, -0.1) is 0 Å². The van der Waals surface area contributed by atoms with Crippen LogP contribution in [0.15, 0.2) is 66.7 Å². The molecule has 0 aliphatic carbocycles. The minimum absolute atomic E-state index is 0.0983. The molecular formula is C29H31N3O4S. The molecule has 0 atom stereocenters. The lowest BCUT2D eigenvalue weighted by Crippen LogP contribution is -2.33. The van der Waals surface area contributed by atoms with Gasteiger partial charge >= 0.3 is 0 Å². The summed E-state index contributed by atoms with van der Waals surface area (Å²) in [5, 5.41) is 6.93. The van der Waals surface area contributed by atoms with Gasteiger partial charge in [0.2, 0.25) is 0 Å². The molecule has 192 valence electrons. The molecule has 0 saturated heterocycles. The van der Waals surface area contributed by atoms with Gasteiger partial charge in [0.05, 0.1) is 24.8 Å². The van der Waals surface area contributed by atoms with Gasteiger partial charge in [-0.25, -0.2) is 0 Å². The van der Waals surface area contributed by atoms with Crippen LogP contribution in [0.5, 0.6) is 11.5 Å². The monoisotopic (exact) mass is 517 g/mol. The van der Waals surface area contributed by atoms with E-state index in [0.717, 1.165) is 11.3 Å². The van der Waals surface area contributed by atoms with Gasteiger partial charge in [0.1, 0.15) is 6.61 Å². The van der Waals surface area contributed by atoms with Gasteiger partial charge in [0, 0.05) is 12.2 Å². The highest BCUT2D eigenvalue weighted by Gasteiger charge is 2.34. The van der Waals surface area contributed by atoms with Crippen LogP contribution in [0.1, 0.15) is 52.6 Å². The Balaban J connectivity index is 1.28. The Kier molecular flexibility index (Phi) is 7.78. The molecule has 1 aliphatic heterocycles. The van der Waals surface area contributed by atoms with Gasteiger partial charge in [-0.2, -0.15) is 0 Å². The molecule has 1 heterocycles. The summed E-state index contributed by atoms with van der Waals surface area (Å²) in [6.07, 6.45) is 0. The quantitative estimate of drug-likeness (QED) is 0.316. The van der Waals surface area contributed by atoms with Crippen molar-refractivity contribution in [3.05, 3.63) is 89.0 Å². The fourth-order valence-electron chi connectivity index (χ4n) is 4.04. The second-order valence-electron chi connectivity index (χ2n) is 9.78. The molecule has 8 heteroatoms. The summed E-state index contributed by atoms with van der Waals surface area (Å²) in [6, 6.07) is 20.6. The maximum Gasteiger partial charge on any atom is 0.261 e. The Morgan fingerprint density at radius 2 is 1.57 bits per heavy atom. The van der Waals surface area contributed by atoms with Crippen molar-refractivity contribution in [2.24, 2.45) is 0 Å². The predicted molar refractivity (Wildman–Crippen MR) is 149 cm³/mol. The maximum absolute atomic E-state index is 12.5. The van der Waals surface area contributed by atoms with Crippen LogP contribution in [-0.2, 0) is 12.0 Å². The number of carbonyl (C=O) groups is 2. The van der Waals surface area contributed by atoms with Crippen molar-refractivity contribution in [2.45, 2.75) is 32.7 Å². The molecule has 3 aromatic carbocycles. The van der Waals surface area contributed by atoms with Gasteiger partial charge in [-0.1, -0.05) is 51.1 Å². The molecule has 0 fully saturated rings. The highest BCUT2D eigenvalue weighted by atomic mass is 32.1. The molecule has 2 amide bonds. The SMILES string of the molecule is COc1cc(CNC(=S)Nc2ccc(C(C)(C)C)cc2)ccc1OCCN1C(=O)c2ccccc2C1=O. The summed E-state index contributed by atoms with van der Waals surface area (Å²) in [5.74, 6) is 0.487. The van der Waals surface area contributed by atoms with Gasteiger partial charge < -0.3 is 20.1 Å². The van der Waals surface area contributed by atoms with E-state index in [0.29, 0.717) is 34.3 Å². The van der Waals surface area contributed by atoms with Crippen molar-refractivity contribution in [2.75, 3.05) is 25.6 Å². The van der Waals surface area contributed by atoms with E-state index >= 15 is 0 Å². The number of anilines is 1. The maximum atomic E-state index is 12.5. The first-order valence-corrected chi connectivity index (χ1v) is 12.5. The molecule has 0 unspecified atom stereocenters. The summed E-state index contributed by atoms with van der Waals surface area (Å²) in [6.45, 7) is 7.34. The number of hydrogen-bond acceptors (Lipinski definition) is 5. The van der Waals surface area contributed by atoms with E-state index < -0.39 is 0 Å². The lowest BCUT2D eigenvalue weighted by Gasteiger charge is -2.19. The third kappa shape index (κ3) is 6.09. The van der Waals surface area contributed by atoms with Crippen LogP contribution < -0.4 is 20.1 Å². The smallest absolute Gasteiger partial charge is 0.261 e. The highest BCUT2D eigenvalue weighted by Crippen LogP contribution is 2.29. The summed E-state index contributed by atoms with van der Waals surface area (Å²) in [5.41, 5.74) is 4.09. The Hall–Kier alpha value is -3.91. The standard InChI is InChI=1S/C29H31N3O4S/c1-29(2,3)20-10-12-21(13-11-20)31-28(37)30-18-19-9-14-24(25(17-19)35-4)36-16-15-32-26(33)22-7-5-6-8-23(22)27(32)34/h5-14,17H,15-16,18H2,1-4H3,(H2,30,31,37). The van der Waals surface area contributed by atoms with Crippen molar-refractivity contribution in [1.82, 2.24) is 10.2 Å². The lowest BCUT2D eigenvalue weighted by atomic mass is 9.87. The van der Waals surface area contributed by atoms with Crippen LogP contribution in [0.4, 0.5) is 5.69 Å². The largest absolute Gasteiger partial charge is 0.493 e. The van der Waals surface area contributed by atoms with E-state index in [4.69, 9.17) is 21.7 Å². The van der Waals surface area contributed by atoms with E-state index in [1.54, 1.807) is 37.4 Å². The van der Waals surface area contributed by atoms with Crippen LogP contribution in [0.25, 0.3) is 0 Å². The zero-order chi connectivity index (χ0) is 26.6. The molecule has 0 bridgehead atoms. The molecule has 0 spiro atoms. The highest BCUT2D eigenvalue weighted by molar-refractivity contribution is 7.80. The van der Waals surface area contributed by atoms with E-state index in [9.17, 15) is 9.59 Å². The van der Waals surface area contributed by atoms with E-state index in [2.05, 4.69) is 43.5 Å². The molecule has 2 N–H and O–H groups in total. The summed E-state index contributed by atoms with van der Waals surface area (Å²) in [4.78, 5) is 26.2. The second kappa shape index (κ2) is 11.0. The first-order chi connectivity index (χ1) is 17.7. The number of nitrogens with zero attached hydrogens (tertiary/aromatic N) is 1. The van der Waals surface area contributed by atoms with Crippen LogP contribution in [0.2, 0.25) is 0 Å². The Bertz CT molecular complexity index is 1280. The number of nitrogens with one attached hydrogen (secondary N) is 2. The summed E-state index contributed by atoms with van der Waals surface area (Å²) >= 11 is 5.45. The number of thiocarbonyl (C=S) groups is 1. The molecule has 0 saturated carbocycles. The van der Waals surface area contributed by atoms with E-state index in [-0.39, 0.29) is 30.4 Å². The zero-order valence-electron chi connectivity index (χ0n) is 21.5. The topological polar surface area (TPSA) is 79.9 Å². The minimum atomic E-state index is -0.299. The van der Waals surface area contributed by atoms with Gasteiger partial charge in [-0.3, -0.25) is 14.5 Å². The minimum Gasteiger partial charge on any atom is -0.493 e. The molecule has 0 radical (unpaired) electrons. The Morgan fingerprint density at radius 3 is 2.16 bits per heavy atom. The van der Waals surface area contributed by atoms with Crippen LogP contribution in [0.3, 0.4) is 0 Å². The summed E-state index contributed by atoms with van der Waals surface area (Å²) < 4.78 is 11.3. The number of fused-ring (bicyclic) bond motifs is 1. The van der Waals surface area contributed by atoms with Crippen molar-refractivity contribution >= 4 is 34.8 Å². The number of carbonyl (C=O) groups excluding carboxylic acids is 2. The predicted octanol–water partition coefficient (Wildman–Crippen LogP) is 5.15. The molecule has 4 rings (SSSR count). The summed E-state index contributed by atoms with van der Waals surface area (Å²) in [7, 11) is 1.57. The van der Waals surface area contributed by atoms with Crippen molar-refractivity contribution in [3.63, 3.8) is 0 Å². The van der Waals surface area contributed by atoms with E-state index in [1.165, 1.54) is 10.5 Å². The number of hydrogen-bond donors (Lipinski definition) is 2. The normalized spacial score (nSPS) is 12.8.